The fourth-order valence-electron chi connectivity index (χ4n) is 2.51. The Morgan fingerprint density at radius 2 is 2.00 bits per heavy atom. The van der Waals surface area contributed by atoms with Crippen LogP contribution in [0.5, 0.6) is 0 Å². The van der Waals surface area contributed by atoms with Crippen LogP contribution in [0.2, 0.25) is 0 Å². The summed E-state index contributed by atoms with van der Waals surface area (Å²) in [5.74, 6) is 0.963. The standard InChI is InChI=1S/C15H20N6/c1-9(5-13-6-11(3)18-19-13)16-14-7-10(2)17-15-8-12(4)20-21(14)15/h6-9,16H,5H2,1-4H3,(H,18,19). The number of fused-ring (bicyclic) bond motifs is 1. The van der Waals surface area contributed by atoms with Crippen molar-refractivity contribution < 1.29 is 0 Å². The molecule has 0 spiro atoms. The molecule has 3 aromatic heterocycles. The monoisotopic (exact) mass is 284 g/mol. The van der Waals surface area contributed by atoms with Gasteiger partial charge in [-0.1, -0.05) is 0 Å². The number of nitrogens with zero attached hydrogens (tertiary/aromatic N) is 4. The minimum Gasteiger partial charge on any atom is -0.367 e. The summed E-state index contributed by atoms with van der Waals surface area (Å²) in [6.45, 7) is 8.12. The van der Waals surface area contributed by atoms with Crippen LogP contribution < -0.4 is 5.32 Å². The van der Waals surface area contributed by atoms with Crippen molar-refractivity contribution in [1.29, 1.82) is 0 Å². The zero-order chi connectivity index (χ0) is 15.0. The summed E-state index contributed by atoms with van der Waals surface area (Å²) < 4.78 is 1.86. The van der Waals surface area contributed by atoms with Gasteiger partial charge in [0, 0.05) is 36.0 Å². The zero-order valence-corrected chi connectivity index (χ0v) is 12.8. The molecule has 0 saturated carbocycles. The van der Waals surface area contributed by atoms with Gasteiger partial charge in [-0.25, -0.2) is 4.98 Å². The fourth-order valence-corrected chi connectivity index (χ4v) is 2.51. The van der Waals surface area contributed by atoms with Crippen LogP contribution in [0.3, 0.4) is 0 Å². The molecule has 0 aliphatic carbocycles. The first kappa shape index (κ1) is 13.6. The van der Waals surface area contributed by atoms with Crippen LogP contribution in [-0.4, -0.2) is 30.8 Å². The number of aromatic nitrogens is 5. The van der Waals surface area contributed by atoms with E-state index in [9.17, 15) is 0 Å². The molecule has 3 aromatic rings. The van der Waals surface area contributed by atoms with Crippen LogP contribution in [0.15, 0.2) is 18.2 Å². The van der Waals surface area contributed by atoms with Crippen molar-refractivity contribution in [2.75, 3.05) is 5.32 Å². The van der Waals surface area contributed by atoms with Gasteiger partial charge in [0.1, 0.15) is 5.82 Å². The number of nitrogens with one attached hydrogen (secondary N) is 2. The summed E-state index contributed by atoms with van der Waals surface area (Å²) in [6.07, 6.45) is 0.855. The minimum atomic E-state index is 0.252. The summed E-state index contributed by atoms with van der Waals surface area (Å²) >= 11 is 0. The molecule has 0 aliphatic rings. The number of anilines is 1. The number of aryl methyl sites for hydroxylation is 3. The van der Waals surface area contributed by atoms with Gasteiger partial charge >= 0.3 is 0 Å². The lowest BCUT2D eigenvalue weighted by molar-refractivity contribution is 0.749. The fraction of sp³-hybridized carbons (Fsp3) is 0.400. The van der Waals surface area contributed by atoms with E-state index in [1.807, 2.05) is 37.4 Å². The zero-order valence-electron chi connectivity index (χ0n) is 12.8. The first-order valence-corrected chi connectivity index (χ1v) is 7.13. The third-order valence-corrected chi connectivity index (χ3v) is 3.35. The first-order valence-electron chi connectivity index (χ1n) is 7.13. The van der Waals surface area contributed by atoms with Crippen molar-refractivity contribution in [3.63, 3.8) is 0 Å². The van der Waals surface area contributed by atoms with E-state index < -0.39 is 0 Å². The Labute approximate surface area is 123 Å². The average molecular weight is 284 g/mol. The van der Waals surface area contributed by atoms with Gasteiger partial charge in [0.15, 0.2) is 5.65 Å². The lowest BCUT2D eigenvalue weighted by Crippen LogP contribution is -2.20. The van der Waals surface area contributed by atoms with Crippen LogP contribution in [0.1, 0.15) is 29.7 Å². The highest BCUT2D eigenvalue weighted by atomic mass is 15.3. The molecule has 3 rings (SSSR count). The molecule has 0 radical (unpaired) electrons. The third kappa shape index (κ3) is 2.89. The van der Waals surface area contributed by atoms with E-state index in [4.69, 9.17) is 0 Å². The Bertz CT molecular complexity index is 770. The predicted octanol–water partition coefficient (Wildman–Crippen LogP) is 2.42. The number of rotatable bonds is 4. The Hall–Kier alpha value is -2.37. The lowest BCUT2D eigenvalue weighted by atomic mass is 10.2. The largest absolute Gasteiger partial charge is 0.367 e. The SMILES string of the molecule is Cc1cc(NC(C)Cc2cc(C)[nH]n2)n2nc(C)cc2n1. The molecule has 1 unspecified atom stereocenters. The normalized spacial score (nSPS) is 12.8. The summed E-state index contributed by atoms with van der Waals surface area (Å²) in [4.78, 5) is 4.49. The quantitative estimate of drug-likeness (QED) is 0.772. The topological polar surface area (TPSA) is 70.9 Å². The summed E-state index contributed by atoms with van der Waals surface area (Å²) in [5.41, 5.74) is 4.96. The first-order chi connectivity index (χ1) is 10.0. The number of aromatic amines is 1. The predicted molar refractivity (Wildman–Crippen MR) is 82.6 cm³/mol. The maximum atomic E-state index is 4.49. The highest BCUT2D eigenvalue weighted by Crippen LogP contribution is 2.15. The van der Waals surface area contributed by atoms with Gasteiger partial charge in [-0.2, -0.15) is 14.7 Å². The minimum absolute atomic E-state index is 0.252. The molecule has 1 atom stereocenters. The van der Waals surface area contributed by atoms with Crippen molar-refractivity contribution in [2.24, 2.45) is 0 Å². The van der Waals surface area contributed by atoms with E-state index in [-0.39, 0.29) is 6.04 Å². The van der Waals surface area contributed by atoms with Crippen molar-refractivity contribution >= 4 is 11.5 Å². The summed E-state index contributed by atoms with van der Waals surface area (Å²) in [6, 6.07) is 6.33. The van der Waals surface area contributed by atoms with E-state index in [1.165, 1.54) is 0 Å². The Balaban J connectivity index is 1.83. The Morgan fingerprint density at radius 3 is 2.71 bits per heavy atom. The van der Waals surface area contributed by atoms with Crippen LogP contribution >= 0.6 is 0 Å². The van der Waals surface area contributed by atoms with Gasteiger partial charge in [-0.15, -0.1) is 0 Å². The second-order valence-electron chi connectivity index (χ2n) is 5.63. The van der Waals surface area contributed by atoms with Gasteiger partial charge in [0.05, 0.1) is 11.4 Å². The van der Waals surface area contributed by atoms with Gasteiger partial charge in [-0.3, -0.25) is 5.10 Å². The van der Waals surface area contributed by atoms with Crippen molar-refractivity contribution in [1.82, 2.24) is 24.8 Å². The molecule has 0 fully saturated rings. The number of hydrogen-bond acceptors (Lipinski definition) is 4. The highest BCUT2D eigenvalue weighted by Gasteiger charge is 2.11. The van der Waals surface area contributed by atoms with E-state index in [2.05, 4.69) is 38.6 Å². The van der Waals surface area contributed by atoms with Crippen molar-refractivity contribution in [3.05, 3.63) is 41.0 Å². The second kappa shape index (κ2) is 5.20. The maximum absolute atomic E-state index is 4.49. The summed E-state index contributed by atoms with van der Waals surface area (Å²) in [7, 11) is 0. The van der Waals surface area contributed by atoms with E-state index in [0.717, 1.165) is 40.7 Å². The average Bonchev–Trinajstić information content (AvgIpc) is 2.94. The molecule has 6 heteroatoms. The smallest absolute Gasteiger partial charge is 0.157 e. The number of hydrogen-bond donors (Lipinski definition) is 2. The van der Waals surface area contributed by atoms with Gasteiger partial charge in [0.2, 0.25) is 0 Å². The lowest BCUT2D eigenvalue weighted by Gasteiger charge is -2.15. The maximum Gasteiger partial charge on any atom is 0.157 e. The Kier molecular flexibility index (Phi) is 3.37. The molecule has 110 valence electrons. The molecule has 3 heterocycles. The molecular weight excluding hydrogens is 264 g/mol. The van der Waals surface area contributed by atoms with E-state index >= 15 is 0 Å². The van der Waals surface area contributed by atoms with Crippen LogP contribution in [0.4, 0.5) is 5.82 Å². The molecule has 2 N–H and O–H groups in total. The van der Waals surface area contributed by atoms with Crippen molar-refractivity contribution in [3.8, 4) is 0 Å². The molecule has 0 aromatic carbocycles. The third-order valence-electron chi connectivity index (χ3n) is 3.35. The van der Waals surface area contributed by atoms with Crippen LogP contribution in [0, 0.1) is 20.8 Å². The van der Waals surface area contributed by atoms with Crippen LogP contribution in [-0.2, 0) is 6.42 Å². The van der Waals surface area contributed by atoms with Crippen molar-refractivity contribution in [2.45, 2.75) is 40.2 Å². The molecule has 0 saturated heterocycles. The second-order valence-corrected chi connectivity index (χ2v) is 5.63. The number of H-pyrrole nitrogens is 1. The Morgan fingerprint density at radius 1 is 1.19 bits per heavy atom. The van der Waals surface area contributed by atoms with Gasteiger partial charge in [0.25, 0.3) is 0 Å². The summed E-state index contributed by atoms with van der Waals surface area (Å²) in [5, 5.41) is 15.2. The molecule has 0 amide bonds. The van der Waals surface area contributed by atoms with E-state index in [0.29, 0.717) is 0 Å². The highest BCUT2D eigenvalue weighted by molar-refractivity contribution is 5.50. The molecule has 0 aliphatic heterocycles. The van der Waals surface area contributed by atoms with Gasteiger partial charge < -0.3 is 5.32 Å². The molecule has 21 heavy (non-hydrogen) atoms. The molecule has 0 bridgehead atoms. The molecule has 6 nitrogen and oxygen atoms in total. The van der Waals surface area contributed by atoms with E-state index in [1.54, 1.807) is 0 Å². The van der Waals surface area contributed by atoms with Crippen LogP contribution in [0.25, 0.3) is 5.65 Å². The molecular formula is C15H20N6. The van der Waals surface area contributed by atoms with Gasteiger partial charge in [-0.05, 0) is 33.8 Å².